The van der Waals surface area contributed by atoms with Gasteiger partial charge < -0.3 is 45.1 Å². The molecule has 0 bridgehead atoms. The third-order valence-electron chi connectivity index (χ3n) is 15.3. The maximum absolute atomic E-state index is 13.5. The Morgan fingerprint density at radius 3 is 1.29 bits per heavy atom. The lowest BCUT2D eigenvalue weighted by Crippen LogP contribution is -2.61. The van der Waals surface area contributed by atoms with Crippen LogP contribution < -0.4 is 5.32 Å². The van der Waals surface area contributed by atoms with Gasteiger partial charge in [0.1, 0.15) is 24.4 Å². The molecule has 11 nitrogen and oxygen atoms in total. The minimum absolute atomic E-state index is 0.107. The van der Waals surface area contributed by atoms with Crippen LogP contribution in [0.15, 0.2) is 122 Å². The first-order valence-electron chi connectivity index (χ1n) is 34.3. The molecule has 1 amide bonds. The molecule has 1 rings (SSSR count). The second-order valence-electron chi connectivity index (χ2n) is 23.2. The topological polar surface area (TPSA) is 175 Å². The summed E-state index contributed by atoms with van der Waals surface area (Å²) in [5.74, 6) is -1.23. The second-order valence-corrected chi connectivity index (χ2v) is 23.2. The number of esters is 1. The average Bonchev–Trinajstić information content (AvgIpc) is 2.90. The van der Waals surface area contributed by atoms with Gasteiger partial charge in [-0.1, -0.05) is 271 Å². The summed E-state index contributed by atoms with van der Waals surface area (Å²) in [6.07, 6.45) is 73.7. The Hall–Kier alpha value is -3.94. The van der Waals surface area contributed by atoms with Crippen LogP contribution in [0, 0.1) is 0 Å². The number of aliphatic hydroxyl groups excluding tert-OH is 5. The molecule has 0 aliphatic carbocycles. The van der Waals surface area contributed by atoms with Crippen LogP contribution in [0.3, 0.4) is 0 Å². The number of rotatable bonds is 57. The van der Waals surface area contributed by atoms with Crippen LogP contribution in [0.4, 0.5) is 0 Å². The van der Waals surface area contributed by atoms with Gasteiger partial charge in [-0.15, -0.1) is 0 Å². The highest BCUT2D eigenvalue weighted by Crippen LogP contribution is 2.26. The van der Waals surface area contributed by atoms with Gasteiger partial charge in [-0.3, -0.25) is 9.59 Å². The van der Waals surface area contributed by atoms with Gasteiger partial charge in [0.05, 0.1) is 25.4 Å². The van der Waals surface area contributed by atoms with Gasteiger partial charge in [0.25, 0.3) is 0 Å². The van der Waals surface area contributed by atoms with E-state index in [1.807, 2.05) is 6.08 Å². The standard InChI is InChI=1S/C74H125NO10/c1-4-7-10-13-16-19-22-24-26-28-30-32-33-34-35-36-38-40-42-44-47-50-53-56-59-62-69(79)85-72-71(81)70(80)68(63-76)84-74(72)83-64-65(66(77)60-57-54-51-48-45-21-18-15-12-9-6-3)75-73(82)67(78)61-58-55-52-49-46-43-41-39-37-31-29-27-25-23-20-17-14-11-8-5-2/h7,10,16-17,19-20,24-27,30-32,34-35,37,41,43,57,60,65-68,70-72,74,76-78,80-81H,4-6,8-9,11-15,18,21-23,28-29,33,36,38-40,42,44-56,58-59,61-64H2,1-3H3,(H,75,82)/b10-7-,19-16-,20-17-,26-24-,27-25-,32-30-,35-34-,37-31-,43-41-,60-57+. The Kier molecular flexibility index (Phi) is 56.1. The summed E-state index contributed by atoms with van der Waals surface area (Å²) in [6.45, 7) is 5.63. The summed E-state index contributed by atoms with van der Waals surface area (Å²) in [5, 5.41) is 57.1. The maximum Gasteiger partial charge on any atom is 0.306 e. The third-order valence-corrected chi connectivity index (χ3v) is 15.3. The van der Waals surface area contributed by atoms with Crippen molar-refractivity contribution < 1.29 is 49.3 Å². The summed E-state index contributed by atoms with van der Waals surface area (Å²) < 4.78 is 17.7. The van der Waals surface area contributed by atoms with Crippen molar-refractivity contribution in [3.05, 3.63) is 122 Å². The van der Waals surface area contributed by atoms with Gasteiger partial charge in [-0.2, -0.15) is 0 Å². The Bertz CT molecular complexity index is 1850. The molecule has 1 heterocycles. The van der Waals surface area contributed by atoms with E-state index in [-0.39, 0.29) is 19.4 Å². The lowest BCUT2D eigenvalue weighted by atomic mass is 9.99. The first kappa shape index (κ1) is 79.1. The minimum atomic E-state index is -1.63. The molecule has 1 saturated heterocycles. The van der Waals surface area contributed by atoms with Crippen LogP contribution in [0.1, 0.15) is 271 Å². The van der Waals surface area contributed by atoms with Gasteiger partial charge in [-0.25, -0.2) is 0 Å². The SMILES string of the molecule is CC/C=C\C/C=C\C/C=C\C/C=C\C/C=C\CCCCCCCCCCCC(=O)OC1C(OCC(NC(=O)C(O)CCCCCC/C=C\C/C=C\C/C=C\C/C=C\CCCCC)C(O)/C=C/CCCCCCCCCCC)OC(CO)C(O)C1O. The fourth-order valence-electron chi connectivity index (χ4n) is 9.96. The van der Waals surface area contributed by atoms with Gasteiger partial charge >= 0.3 is 5.97 Å². The van der Waals surface area contributed by atoms with Crippen molar-refractivity contribution in [2.45, 2.75) is 320 Å². The molecule has 1 aliphatic heterocycles. The van der Waals surface area contributed by atoms with Crippen molar-refractivity contribution in [3.8, 4) is 0 Å². The van der Waals surface area contributed by atoms with E-state index in [0.29, 0.717) is 12.8 Å². The fourth-order valence-corrected chi connectivity index (χ4v) is 9.96. The highest BCUT2D eigenvalue weighted by molar-refractivity contribution is 5.80. The predicted octanol–water partition coefficient (Wildman–Crippen LogP) is 17.4. The zero-order chi connectivity index (χ0) is 61.7. The molecular formula is C74H125NO10. The molecular weight excluding hydrogens is 1060 g/mol. The molecule has 8 unspecified atom stereocenters. The van der Waals surface area contributed by atoms with E-state index in [1.165, 1.54) is 89.9 Å². The number of carbonyl (C=O) groups is 2. The van der Waals surface area contributed by atoms with Crippen molar-refractivity contribution in [3.63, 3.8) is 0 Å². The van der Waals surface area contributed by atoms with E-state index in [2.05, 4.69) is 135 Å². The number of allylic oxidation sites excluding steroid dienone is 19. The number of unbranched alkanes of at least 4 members (excludes halogenated alkanes) is 25. The summed E-state index contributed by atoms with van der Waals surface area (Å²) in [5.41, 5.74) is 0. The normalized spacial score (nSPS) is 19.2. The van der Waals surface area contributed by atoms with Crippen molar-refractivity contribution in [2.75, 3.05) is 13.2 Å². The van der Waals surface area contributed by atoms with Crippen LogP contribution in [0.5, 0.6) is 0 Å². The first-order chi connectivity index (χ1) is 41.7. The van der Waals surface area contributed by atoms with Gasteiger partial charge in [0.15, 0.2) is 12.4 Å². The highest BCUT2D eigenvalue weighted by Gasteiger charge is 2.47. The summed E-state index contributed by atoms with van der Waals surface area (Å²) in [4.78, 5) is 26.6. The minimum Gasteiger partial charge on any atom is -0.454 e. The van der Waals surface area contributed by atoms with E-state index in [4.69, 9.17) is 14.2 Å². The third kappa shape index (κ3) is 47.8. The zero-order valence-corrected chi connectivity index (χ0v) is 53.9. The highest BCUT2D eigenvalue weighted by atomic mass is 16.7. The van der Waals surface area contributed by atoms with Crippen molar-refractivity contribution in [1.29, 1.82) is 0 Å². The molecule has 0 aromatic rings. The van der Waals surface area contributed by atoms with Crippen molar-refractivity contribution >= 4 is 11.9 Å². The quantitative estimate of drug-likeness (QED) is 0.0195. The molecule has 6 N–H and O–H groups in total. The fraction of sp³-hybridized carbons (Fsp3) is 0.703. The monoisotopic (exact) mass is 1190 g/mol. The van der Waals surface area contributed by atoms with Gasteiger partial charge in [-0.05, 0) is 116 Å². The number of carbonyl (C=O) groups excluding carboxylic acids is 2. The van der Waals surface area contributed by atoms with E-state index in [0.717, 1.165) is 135 Å². The molecule has 1 aliphatic rings. The molecule has 8 atom stereocenters. The molecule has 0 aromatic carbocycles. The number of amides is 1. The molecule has 0 aromatic heterocycles. The van der Waals surface area contributed by atoms with Crippen molar-refractivity contribution in [1.82, 2.24) is 5.32 Å². The van der Waals surface area contributed by atoms with Crippen LogP contribution in [-0.2, 0) is 23.8 Å². The van der Waals surface area contributed by atoms with E-state index >= 15 is 0 Å². The molecule has 0 spiro atoms. The Morgan fingerprint density at radius 2 is 0.847 bits per heavy atom. The number of aliphatic hydroxyl groups is 5. The molecule has 85 heavy (non-hydrogen) atoms. The lowest BCUT2D eigenvalue weighted by molar-refractivity contribution is -0.305. The summed E-state index contributed by atoms with van der Waals surface area (Å²) in [7, 11) is 0. The molecule has 486 valence electrons. The average molecular weight is 1190 g/mol. The largest absolute Gasteiger partial charge is 0.454 e. The zero-order valence-electron chi connectivity index (χ0n) is 53.9. The Balaban J connectivity index is 2.61. The van der Waals surface area contributed by atoms with Gasteiger partial charge in [0, 0.05) is 6.42 Å². The van der Waals surface area contributed by atoms with E-state index < -0.39 is 67.4 Å². The summed E-state index contributed by atoms with van der Waals surface area (Å²) >= 11 is 0. The molecule has 0 saturated carbocycles. The van der Waals surface area contributed by atoms with Crippen LogP contribution in [0.2, 0.25) is 0 Å². The maximum atomic E-state index is 13.5. The van der Waals surface area contributed by atoms with Crippen LogP contribution in [-0.4, -0.2) is 99.6 Å². The number of ether oxygens (including phenoxy) is 3. The predicted molar refractivity (Wildman–Crippen MR) is 356 cm³/mol. The van der Waals surface area contributed by atoms with E-state index in [9.17, 15) is 35.1 Å². The smallest absolute Gasteiger partial charge is 0.306 e. The number of hydrogen-bond donors (Lipinski definition) is 6. The van der Waals surface area contributed by atoms with Gasteiger partial charge in [0.2, 0.25) is 5.91 Å². The molecule has 1 fully saturated rings. The van der Waals surface area contributed by atoms with Crippen LogP contribution in [0.25, 0.3) is 0 Å². The second kappa shape index (κ2) is 60.3. The molecule has 0 radical (unpaired) electrons. The summed E-state index contributed by atoms with van der Waals surface area (Å²) in [6, 6.07) is -1.04. The Morgan fingerprint density at radius 1 is 0.471 bits per heavy atom. The number of nitrogens with one attached hydrogen (secondary N) is 1. The van der Waals surface area contributed by atoms with Crippen LogP contribution >= 0.6 is 0 Å². The first-order valence-corrected chi connectivity index (χ1v) is 34.3. The Labute approximate surface area is 519 Å². The lowest BCUT2D eigenvalue weighted by Gasteiger charge is -2.41. The van der Waals surface area contributed by atoms with Crippen molar-refractivity contribution in [2.24, 2.45) is 0 Å². The van der Waals surface area contributed by atoms with E-state index in [1.54, 1.807) is 6.08 Å². The number of hydrogen-bond acceptors (Lipinski definition) is 10. The molecule has 11 heteroatoms.